The van der Waals surface area contributed by atoms with Crippen molar-refractivity contribution in [1.29, 1.82) is 0 Å². The zero-order valence-electron chi connectivity index (χ0n) is 19.4. The highest BCUT2D eigenvalue weighted by atomic mass is 19.1. The van der Waals surface area contributed by atoms with Crippen LogP contribution in [0.3, 0.4) is 0 Å². The Morgan fingerprint density at radius 1 is 1.00 bits per heavy atom. The smallest absolute Gasteiger partial charge is 0.332 e. The maximum Gasteiger partial charge on any atom is 0.332 e. The molecule has 174 valence electrons. The molecule has 0 atom stereocenters. The van der Waals surface area contributed by atoms with E-state index in [0.717, 1.165) is 27.1 Å². The van der Waals surface area contributed by atoms with Gasteiger partial charge in [-0.2, -0.15) is 0 Å². The second-order valence-electron chi connectivity index (χ2n) is 8.55. The van der Waals surface area contributed by atoms with E-state index in [0.29, 0.717) is 50.1 Å². The van der Waals surface area contributed by atoms with Crippen LogP contribution >= 0.6 is 0 Å². The first-order chi connectivity index (χ1) is 15.7. The summed E-state index contributed by atoms with van der Waals surface area (Å²) in [6.07, 6.45) is 0.793. The topological polar surface area (TPSA) is 80.4 Å². The lowest BCUT2D eigenvalue weighted by atomic mass is 9.99. The van der Waals surface area contributed by atoms with Crippen molar-refractivity contribution < 1.29 is 9.18 Å². The van der Waals surface area contributed by atoms with E-state index in [2.05, 4.69) is 9.88 Å². The minimum absolute atomic E-state index is 0.0565. The van der Waals surface area contributed by atoms with Crippen molar-refractivity contribution >= 4 is 22.6 Å². The number of amides is 1. The summed E-state index contributed by atoms with van der Waals surface area (Å²) in [7, 11) is 3.06. The second-order valence-corrected chi connectivity index (χ2v) is 8.55. The van der Waals surface area contributed by atoms with E-state index in [4.69, 9.17) is 0 Å². The highest BCUT2D eigenvalue weighted by Crippen LogP contribution is 2.22. The summed E-state index contributed by atoms with van der Waals surface area (Å²) >= 11 is 0. The summed E-state index contributed by atoms with van der Waals surface area (Å²) in [6.45, 7) is 6.29. The first kappa shape index (κ1) is 22.7. The van der Waals surface area contributed by atoms with Crippen LogP contribution in [0.2, 0.25) is 0 Å². The Kier molecular flexibility index (Phi) is 6.05. The van der Waals surface area contributed by atoms with Gasteiger partial charge in [-0.05, 0) is 55.7 Å². The van der Waals surface area contributed by atoms with Gasteiger partial charge >= 0.3 is 5.69 Å². The monoisotopic (exact) mass is 453 g/mol. The van der Waals surface area contributed by atoms with Crippen LogP contribution in [0.15, 0.2) is 33.9 Å². The number of hydrogen-bond donors (Lipinski definition) is 0. The molecule has 1 aromatic carbocycles. The zero-order chi connectivity index (χ0) is 23.9. The maximum atomic E-state index is 13.2. The highest BCUT2D eigenvalue weighted by Gasteiger charge is 2.23. The number of halogens is 1. The van der Waals surface area contributed by atoms with Gasteiger partial charge in [0.25, 0.3) is 5.56 Å². The van der Waals surface area contributed by atoms with Crippen LogP contribution in [0, 0.1) is 19.7 Å². The lowest BCUT2D eigenvalue weighted by molar-refractivity contribution is -0.131. The molecule has 4 rings (SSSR count). The standard InChI is InChI=1S/C24H28FN5O3/c1-15-19(16(2)26-22-21(15)23(32)28(4)24(33)27(22)3)9-10-20(31)30-13-11-29(12-14-30)18-7-5-17(25)6-8-18/h5-8H,9-14H2,1-4H3. The van der Waals surface area contributed by atoms with Gasteiger partial charge in [0.2, 0.25) is 5.91 Å². The van der Waals surface area contributed by atoms with E-state index in [1.165, 1.54) is 23.7 Å². The van der Waals surface area contributed by atoms with E-state index in [1.807, 2.05) is 18.7 Å². The number of nitrogens with zero attached hydrogens (tertiary/aromatic N) is 5. The van der Waals surface area contributed by atoms with Crippen molar-refractivity contribution in [2.45, 2.75) is 26.7 Å². The molecule has 0 aliphatic carbocycles. The fourth-order valence-corrected chi connectivity index (χ4v) is 4.57. The van der Waals surface area contributed by atoms with Crippen molar-refractivity contribution in [1.82, 2.24) is 19.0 Å². The average molecular weight is 454 g/mol. The SMILES string of the molecule is Cc1nc2c(c(C)c1CCC(=O)N1CCN(c3ccc(F)cc3)CC1)c(=O)n(C)c(=O)n2C. The molecule has 2 aromatic heterocycles. The summed E-state index contributed by atoms with van der Waals surface area (Å²) < 4.78 is 15.6. The summed E-state index contributed by atoms with van der Waals surface area (Å²) in [4.78, 5) is 46.4. The first-order valence-electron chi connectivity index (χ1n) is 11.0. The first-order valence-corrected chi connectivity index (χ1v) is 11.0. The molecule has 0 saturated carbocycles. The fraction of sp³-hybridized carbons (Fsp3) is 0.417. The number of piperazine rings is 1. The molecule has 8 nitrogen and oxygen atoms in total. The molecule has 0 N–H and O–H groups in total. The number of benzene rings is 1. The van der Waals surface area contributed by atoms with E-state index < -0.39 is 5.69 Å². The molecular formula is C24H28FN5O3. The Hall–Kier alpha value is -3.49. The van der Waals surface area contributed by atoms with Gasteiger partial charge in [-0.15, -0.1) is 0 Å². The number of aromatic nitrogens is 3. The van der Waals surface area contributed by atoms with Crippen LogP contribution in [-0.4, -0.2) is 51.1 Å². The van der Waals surface area contributed by atoms with Gasteiger partial charge in [-0.1, -0.05) is 0 Å². The molecule has 1 amide bonds. The molecule has 1 aliphatic heterocycles. The molecule has 1 saturated heterocycles. The van der Waals surface area contributed by atoms with E-state index >= 15 is 0 Å². The van der Waals surface area contributed by atoms with Crippen molar-refractivity contribution in [3.8, 4) is 0 Å². The Morgan fingerprint density at radius 3 is 2.27 bits per heavy atom. The summed E-state index contributed by atoms with van der Waals surface area (Å²) in [5.41, 5.74) is 2.89. The molecule has 9 heteroatoms. The number of pyridine rings is 1. The van der Waals surface area contributed by atoms with Crippen LogP contribution in [-0.2, 0) is 25.3 Å². The predicted molar refractivity (Wildman–Crippen MR) is 125 cm³/mol. The van der Waals surface area contributed by atoms with Gasteiger partial charge in [0.1, 0.15) is 11.5 Å². The summed E-state index contributed by atoms with van der Waals surface area (Å²) in [5, 5.41) is 0.417. The largest absolute Gasteiger partial charge is 0.368 e. The third-order valence-corrected chi connectivity index (χ3v) is 6.58. The fourth-order valence-electron chi connectivity index (χ4n) is 4.57. The molecule has 0 radical (unpaired) electrons. The van der Waals surface area contributed by atoms with Gasteiger partial charge < -0.3 is 9.80 Å². The quantitative estimate of drug-likeness (QED) is 0.601. The predicted octanol–water partition coefficient (Wildman–Crippen LogP) is 1.67. The Labute approximate surface area is 190 Å². The third-order valence-electron chi connectivity index (χ3n) is 6.58. The second kappa shape index (κ2) is 8.80. The molecular weight excluding hydrogens is 425 g/mol. The van der Waals surface area contributed by atoms with Gasteiger partial charge in [-0.25, -0.2) is 14.2 Å². The van der Waals surface area contributed by atoms with E-state index in [1.54, 1.807) is 19.2 Å². The average Bonchev–Trinajstić information content (AvgIpc) is 2.81. The van der Waals surface area contributed by atoms with Gasteiger partial charge in [0.05, 0.1) is 5.39 Å². The Balaban J connectivity index is 1.47. The van der Waals surface area contributed by atoms with Gasteiger partial charge in [0, 0.05) is 58.1 Å². The van der Waals surface area contributed by atoms with Crippen molar-refractivity contribution in [2.24, 2.45) is 14.1 Å². The lowest BCUT2D eigenvalue weighted by Crippen LogP contribution is -2.48. The number of hydrogen-bond acceptors (Lipinski definition) is 5. The molecule has 0 spiro atoms. The van der Waals surface area contributed by atoms with E-state index in [9.17, 15) is 18.8 Å². The van der Waals surface area contributed by atoms with Crippen LogP contribution in [0.4, 0.5) is 10.1 Å². The Bertz CT molecular complexity index is 1340. The van der Waals surface area contributed by atoms with Crippen molar-refractivity contribution in [3.05, 3.63) is 67.7 Å². The molecule has 0 bridgehead atoms. The number of carbonyl (C=O) groups excluding carboxylic acids is 1. The molecule has 33 heavy (non-hydrogen) atoms. The minimum Gasteiger partial charge on any atom is -0.368 e. The summed E-state index contributed by atoms with van der Waals surface area (Å²) in [5.74, 6) is -0.206. The van der Waals surface area contributed by atoms with Crippen LogP contribution in [0.1, 0.15) is 23.2 Å². The number of fused-ring (bicyclic) bond motifs is 1. The van der Waals surface area contributed by atoms with Crippen LogP contribution in [0.25, 0.3) is 11.0 Å². The number of anilines is 1. The number of rotatable bonds is 4. The van der Waals surface area contributed by atoms with Gasteiger partial charge in [0.15, 0.2) is 0 Å². The molecule has 0 unspecified atom stereocenters. The van der Waals surface area contributed by atoms with Crippen LogP contribution < -0.4 is 16.1 Å². The minimum atomic E-state index is -0.415. The van der Waals surface area contributed by atoms with E-state index in [-0.39, 0.29) is 17.3 Å². The zero-order valence-corrected chi connectivity index (χ0v) is 19.4. The van der Waals surface area contributed by atoms with Gasteiger partial charge in [-0.3, -0.25) is 18.7 Å². The summed E-state index contributed by atoms with van der Waals surface area (Å²) in [6, 6.07) is 6.40. The van der Waals surface area contributed by atoms with Crippen molar-refractivity contribution in [3.63, 3.8) is 0 Å². The number of carbonyl (C=O) groups is 1. The molecule has 1 fully saturated rings. The number of aryl methyl sites for hydroxylation is 3. The van der Waals surface area contributed by atoms with Crippen LogP contribution in [0.5, 0.6) is 0 Å². The van der Waals surface area contributed by atoms with Crippen molar-refractivity contribution in [2.75, 3.05) is 31.1 Å². The Morgan fingerprint density at radius 2 is 1.64 bits per heavy atom. The highest BCUT2D eigenvalue weighted by molar-refractivity contribution is 5.81. The molecule has 1 aliphatic rings. The molecule has 3 heterocycles. The lowest BCUT2D eigenvalue weighted by Gasteiger charge is -2.36. The maximum absolute atomic E-state index is 13.2. The third kappa shape index (κ3) is 4.15. The normalized spacial score (nSPS) is 14.2. The molecule has 3 aromatic rings.